The van der Waals surface area contributed by atoms with E-state index in [4.69, 9.17) is 0 Å². The van der Waals surface area contributed by atoms with Gasteiger partial charge in [0.05, 0.1) is 5.69 Å². The molecule has 6 heteroatoms. The second kappa shape index (κ2) is 5.30. The van der Waals surface area contributed by atoms with Crippen LogP contribution in [0.15, 0.2) is 63.9 Å². The molecule has 0 spiro atoms. The number of benzene rings is 2. The monoisotopic (exact) mass is 304 g/mol. The molecule has 0 atom stereocenters. The fourth-order valence-corrected chi connectivity index (χ4v) is 4.07. The maximum absolute atomic E-state index is 12.1. The zero-order valence-electron chi connectivity index (χ0n) is 10.5. The summed E-state index contributed by atoms with van der Waals surface area (Å²) in [7, 11) is -3.59. The van der Waals surface area contributed by atoms with E-state index in [1.807, 2.05) is 30.3 Å². The lowest BCUT2D eigenvalue weighted by Crippen LogP contribution is -2.18. The van der Waals surface area contributed by atoms with E-state index in [-0.39, 0.29) is 4.90 Å². The third-order valence-corrected chi connectivity index (χ3v) is 5.22. The highest BCUT2D eigenvalue weighted by atomic mass is 32.2. The SMILES string of the molecule is O=S1(=O)N=C(SCc2ccccc2)Nc2ccccc21. The summed E-state index contributed by atoms with van der Waals surface area (Å²) in [4.78, 5) is 0.226. The molecule has 0 unspecified atom stereocenters. The van der Waals surface area contributed by atoms with E-state index in [2.05, 4.69) is 9.71 Å². The molecule has 102 valence electrons. The molecule has 1 aliphatic heterocycles. The van der Waals surface area contributed by atoms with Gasteiger partial charge in [0, 0.05) is 5.75 Å². The van der Waals surface area contributed by atoms with Crippen LogP contribution in [0.1, 0.15) is 5.56 Å². The first kappa shape index (κ1) is 13.2. The number of hydrogen-bond donors (Lipinski definition) is 1. The summed E-state index contributed by atoms with van der Waals surface area (Å²) in [6, 6.07) is 16.6. The minimum atomic E-state index is -3.59. The fraction of sp³-hybridized carbons (Fsp3) is 0.0714. The molecule has 1 N–H and O–H groups in total. The minimum Gasteiger partial charge on any atom is -0.333 e. The number of sulfonamides is 1. The van der Waals surface area contributed by atoms with Crippen molar-refractivity contribution in [3.63, 3.8) is 0 Å². The van der Waals surface area contributed by atoms with Crippen LogP contribution in [0, 0.1) is 0 Å². The van der Waals surface area contributed by atoms with Crippen LogP contribution in [-0.4, -0.2) is 13.6 Å². The molecule has 0 aliphatic carbocycles. The molecule has 0 aromatic heterocycles. The van der Waals surface area contributed by atoms with Crippen LogP contribution in [0.2, 0.25) is 0 Å². The number of para-hydroxylation sites is 1. The van der Waals surface area contributed by atoms with Gasteiger partial charge in [-0.3, -0.25) is 0 Å². The van der Waals surface area contributed by atoms with Crippen molar-refractivity contribution in [1.29, 1.82) is 0 Å². The molecule has 0 bridgehead atoms. The second-order valence-electron chi connectivity index (χ2n) is 4.27. The van der Waals surface area contributed by atoms with Gasteiger partial charge in [-0.15, -0.1) is 4.40 Å². The Labute approximate surface area is 122 Å². The van der Waals surface area contributed by atoms with Crippen LogP contribution in [0.5, 0.6) is 0 Å². The summed E-state index contributed by atoms with van der Waals surface area (Å²) in [5.41, 5.74) is 1.70. The van der Waals surface area contributed by atoms with Gasteiger partial charge in [0.2, 0.25) is 0 Å². The summed E-state index contributed by atoms with van der Waals surface area (Å²) < 4.78 is 27.9. The third-order valence-electron chi connectivity index (χ3n) is 2.83. The van der Waals surface area contributed by atoms with Crippen molar-refractivity contribution >= 4 is 32.6 Å². The van der Waals surface area contributed by atoms with E-state index in [0.29, 0.717) is 16.6 Å². The first-order valence-electron chi connectivity index (χ1n) is 6.03. The van der Waals surface area contributed by atoms with E-state index >= 15 is 0 Å². The first-order valence-corrected chi connectivity index (χ1v) is 8.45. The number of thioether (sulfide) groups is 1. The summed E-state index contributed by atoms with van der Waals surface area (Å²) in [6.45, 7) is 0. The van der Waals surface area contributed by atoms with E-state index < -0.39 is 10.0 Å². The van der Waals surface area contributed by atoms with Crippen molar-refractivity contribution in [2.24, 2.45) is 4.40 Å². The normalized spacial score (nSPS) is 15.9. The van der Waals surface area contributed by atoms with Crippen LogP contribution < -0.4 is 5.32 Å². The number of nitrogens with one attached hydrogen (secondary N) is 1. The lowest BCUT2D eigenvalue weighted by Gasteiger charge is -2.17. The predicted molar refractivity (Wildman–Crippen MR) is 82.4 cm³/mol. The average molecular weight is 304 g/mol. The molecule has 4 nitrogen and oxygen atoms in total. The van der Waals surface area contributed by atoms with Gasteiger partial charge < -0.3 is 5.32 Å². The van der Waals surface area contributed by atoms with Crippen molar-refractivity contribution in [2.45, 2.75) is 10.6 Å². The molecule has 1 heterocycles. The second-order valence-corrected chi connectivity index (χ2v) is 6.80. The smallest absolute Gasteiger partial charge is 0.286 e. The lowest BCUT2D eigenvalue weighted by atomic mass is 10.2. The number of nitrogens with zero attached hydrogens (tertiary/aromatic N) is 1. The van der Waals surface area contributed by atoms with E-state index in [1.54, 1.807) is 24.3 Å². The maximum Gasteiger partial charge on any atom is 0.286 e. The fourth-order valence-electron chi connectivity index (χ4n) is 1.88. The number of anilines is 1. The topological polar surface area (TPSA) is 58.5 Å². The summed E-state index contributed by atoms with van der Waals surface area (Å²) >= 11 is 1.38. The zero-order valence-corrected chi connectivity index (χ0v) is 12.1. The van der Waals surface area contributed by atoms with Gasteiger partial charge in [-0.1, -0.05) is 54.2 Å². The Kier molecular flexibility index (Phi) is 3.50. The van der Waals surface area contributed by atoms with Gasteiger partial charge in [0.25, 0.3) is 10.0 Å². The predicted octanol–water partition coefficient (Wildman–Crippen LogP) is 3.09. The summed E-state index contributed by atoms with van der Waals surface area (Å²) in [5, 5.41) is 3.47. The Balaban J connectivity index is 1.82. The van der Waals surface area contributed by atoms with E-state index in [1.165, 1.54) is 11.8 Å². The van der Waals surface area contributed by atoms with Crippen LogP contribution in [0.3, 0.4) is 0 Å². The molecule has 0 saturated carbocycles. The standard InChI is InChI=1S/C14H12N2O2S2/c17-20(18)13-9-5-4-8-12(13)15-14(16-20)19-10-11-6-2-1-3-7-11/h1-9H,10H2,(H,15,16). The summed E-state index contributed by atoms with van der Waals surface area (Å²) in [5.74, 6) is 0.671. The highest BCUT2D eigenvalue weighted by Gasteiger charge is 2.24. The van der Waals surface area contributed by atoms with Crippen LogP contribution >= 0.6 is 11.8 Å². The minimum absolute atomic E-state index is 0.226. The van der Waals surface area contributed by atoms with Gasteiger partial charge in [-0.05, 0) is 17.7 Å². The summed E-state index contributed by atoms with van der Waals surface area (Å²) in [6.07, 6.45) is 0. The Morgan fingerprint density at radius 1 is 1.00 bits per heavy atom. The molecule has 0 amide bonds. The molecule has 0 radical (unpaired) electrons. The highest BCUT2D eigenvalue weighted by Crippen LogP contribution is 2.29. The third kappa shape index (κ3) is 2.71. The van der Waals surface area contributed by atoms with Gasteiger partial charge in [-0.25, -0.2) is 0 Å². The Hall–Kier alpha value is -1.79. The lowest BCUT2D eigenvalue weighted by molar-refractivity contribution is 0.598. The highest BCUT2D eigenvalue weighted by molar-refractivity contribution is 8.14. The first-order chi connectivity index (χ1) is 9.65. The molecule has 2 aromatic carbocycles. The van der Waals surface area contributed by atoms with Gasteiger partial charge in [0.15, 0.2) is 5.17 Å². The number of fused-ring (bicyclic) bond motifs is 1. The van der Waals surface area contributed by atoms with Crippen molar-refractivity contribution < 1.29 is 8.42 Å². The largest absolute Gasteiger partial charge is 0.333 e. The number of hydrogen-bond acceptors (Lipinski definition) is 4. The molecular weight excluding hydrogens is 292 g/mol. The van der Waals surface area contributed by atoms with Gasteiger partial charge in [-0.2, -0.15) is 8.42 Å². The number of amidine groups is 1. The van der Waals surface area contributed by atoms with Crippen LogP contribution in [0.4, 0.5) is 5.69 Å². The Morgan fingerprint density at radius 2 is 1.70 bits per heavy atom. The molecule has 1 aliphatic rings. The van der Waals surface area contributed by atoms with Crippen molar-refractivity contribution in [3.05, 3.63) is 60.2 Å². The van der Waals surface area contributed by atoms with Gasteiger partial charge >= 0.3 is 0 Å². The van der Waals surface area contributed by atoms with E-state index in [9.17, 15) is 8.42 Å². The van der Waals surface area contributed by atoms with E-state index in [0.717, 1.165) is 5.56 Å². The molecular formula is C14H12N2O2S2. The zero-order chi connectivity index (χ0) is 14.0. The van der Waals surface area contributed by atoms with Gasteiger partial charge in [0.1, 0.15) is 4.90 Å². The van der Waals surface area contributed by atoms with Crippen molar-refractivity contribution in [3.8, 4) is 0 Å². The number of rotatable bonds is 2. The quantitative estimate of drug-likeness (QED) is 0.926. The molecule has 2 aromatic rings. The van der Waals surface area contributed by atoms with Crippen molar-refractivity contribution in [2.75, 3.05) is 5.32 Å². The van der Waals surface area contributed by atoms with Crippen molar-refractivity contribution in [1.82, 2.24) is 0 Å². The molecule has 0 saturated heterocycles. The van der Waals surface area contributed by atoms with Crippen LogP contribution in [-0.2, 0) is 15.8 Å². The Bertz CT molecular complexity index is 756. The van der Waals surface area contributed by atoms with Crippen LogP contribution in [0.25, 0.3) is 0 Å². The maximum atomic E-state index is 12.1. The molecule has 3 rings (SSSR count). The Morgan fingerprint density at radius 3 is 2.50 bits per heavy atom. The average Bonchev–Trinajstić information content (AvgIpc) is 2.46. The molecule has 0 fully saturated rings. The molecule has 20 heavy (non-hydrogen) atoms.